The Hall–Kier alpha value is -3.52. The molecule has 1 atom stereocenters. The molecule has 5 aromatic rings. The van der Waals surface area contributed by atoms with Crippen LogP contribution in [0.4, 0.5) is 0 Å². The van der Waals surface area contributed by atoms with Gasteiger partial charge in [0.2, 0.25) is 0 Å². The molecule has 0 saturated heterocycles. The predicted octanol–water partition coefficient (Wildman–Crippen LogP) is 6.72. The summed E-state index contributed by atoms with van der Waals surface area (Å²) in [5.74, 6) is 0.765. The van der Waals surface area contributed by atoms with Crippen molar-refractivity contribution in [1.29, 1.82) is 0 Å². The topological polar surface area (TPSA) is 43.6 Å². The molecule has 0 N–H and O–H groups in total. The van der Waals surface area contributed by atoms with Crippen LogP contribution in [-0.4, -0.2) is 4.57 Å². The van der Waals surface area contributed by atoms with Gasteiger partial charge in [0, 0.05) is 10.4 Å². The summed E-state index contributed by atoms with van der Waals surface area (Å²) in [6.07, 6.45) is 3.82. The second-order valence-electron chi connectivity index (χ2n) is 9.59. The molecule has 2 aliphatic rings. The number of benzene rings is 3. The number of hydrogen-bond donors (Lipinski definition) is 0. The monoisotopic (exact) mass is 610 g/mol. The van der Waals surface area contributed by atoms with Gasteiger partial charge in [-0.15, -0.1) is 11.3 Å². The lowest BCUT2D eigenvalue weighted by molar-refractivity contribution is 0.304. The number of nitrogens with zero attached hydrogens (tertiary/aromatic N) is 2. The summed E-state index contributed by atoms with van der Waals surface area (Å²) in [5.41, 5.74) is 6.82. The third-order valence-electron chi connectivity index (χ3n) is 7.18. The van der Waals surface area contributed by atoms with E-state index in [9.17, 15) is 4.79 Å². The average Bonchev–Trinajstić information content (AvgIpc) is 3.60. The number of allylic oxidation sites excluding steroid dienone is 1. The fraction of sp³-hybridized carbons (Fsp3) is 0.125. The number of thiophene rings is 1. The van der Waals surface area contributed by atoms with Gasteiger partial charge < -0.3 is 4.74 Å². The molecule has 1 aliphatic carbocycles. The van der Waals surface area contributed by atoms with E-state index < -0.39 is 0 Å². The Balaban J connectivity index is 1.29. The number of fused-ring (bicyclic) bond motifs is 3. The lowest BCUT2D eigenvalue weighted by Crippen LogP contribution is -2.38. The summed E-state index contributed by atoms with van der Waals surface area (Å²) in [7, 11) is 0. The van der Waals surface area contributed by atoms with E-state index in [4.69, 9.17) is 9.73 Å². The van der Waals surface area contributed by atoms with Gasteiger partial charge in [-0.3, -0.25) is 9.36 Å². The molecular formula is C32H23BrN2O2S2. The number of rotatable bonds is 5. The van der Waals surface area contributed by atoms with Gasteiger partial charge in [0.05, 0.1) is 20.7 Å². The first-order chi connectivity index (χ1) is 19.2. The Kier molecular flexibility index (Phi) is 6.43. The molecule has 192 valence electrons. The van der Waals surface area contributed by atoms with Crippen molar-refractivity contribution in [2.75, 3.05) is 0 Å². The molecule has 0 bridgehead atoms. The van der Waals surface area contributed by atoms with Gasteiger partial charge in [0.15, 0.2) is 4.80 Å². The molecular weight excluding hydrogens is 588 g/mol. The molecule has 3 heterocycles. The van der Waals surface area contributed by atoms with Gasteiger partial charge in [-0.05, 0) is 80.7 Å². The Labute approximate surface area is 242 Å². The molecule has 4 nitrogen and oxygen atoms in total. The van der Waals surface area contributed by atoms with Crippen LogP contribution in [0.15, 0.2) is 110 Å². The van der Waals surface area contributed by atoms with E-state index in [0.29, 0.717) is 11.1 Å². The van der Waals surface area contributed by atoms with Gasteiger partial charge in [-0.1, -0.05) is 78.1 Å². The van der Waals surface area contributed by atoms with Gasteiger partial charge in [0.1, 0.15) is 12.4 Å². The standard InChI is InChI=1S/C32H23BrN2O2S2/c33-25-17-21(12-15-26(25)37-19-20-7-2-1-3-8-20)18-28-31(36)35-30(27-11-6-16-38-27)24-14-13-22-9-4-5-10-23(22)29(24)34-32(35)39-28/h1-12,15-18,30H,13-14,19H2/b28-18+/t30-/m0/s1. The van der Waals surface area contributed by atoms with E-state index in [0.717, 1.165) is 44.7 Å². The molecule has 0 amide bonds. The summed E-state index contributed by atoms with van der Waals surface area (Å²) >= 11 is 6.81. The van der Waals surface area contributed by atoms with Gasteiger partial charge in [-0.25, -0.2) is 4.99 Å². The third kappa shape index (κ3) is 4.54. The zero-order valence-corrected chi connectivity index (χ0v) is 24.1. The van der Waals surface area contributed by atoms with Crippen molar-refractivity contribution in [3.05, 3.63) is 147 Å². The number of ether oxygens (including phenoxy) is 1. The Bertz CT molecular complexity index is 1900. The average molecular weight is 612 g/mol. The van der Waals surface area contributed by atoms with Crippen LogP contribution in [0.1, 0.15) is 39.6 Å². The first-order valence-electron chi connectivity index (χ1n) is 12.8. The second-order valence-corrected chi connectivity index (χ2v) is 12.4. The van der Waals surface area contributed by atoms with Crippen LogP contribution >= 0.6 is 38.6 Å². The Morgan fingerprint density at radius 3 is 2.67 bits per heavy atom. The molecule has 3 aromatic carbocycles. The molecule has 0 fully saturated rings. The van der Waals surface area contributed by atoms with Crippen LogP contribution < -0.4 is 19.6 Å². The molecule has 7 rings (SSSR count). The molecule has 0 radical (unpaired) electrons. The summed E-state index contributed by atoms with van der Waals surface area (Å²) in [6, 6.07) is 28.6. The number of hydrogen-bond acceptors (Lipinski definition) is 5. The van der Waals surface area contributed by atoms with Crippen LogP contribution in [0.5, 0.6) is 5.75 Å². The van der Waals surface area contributed by atoms with Crippen molar-refractivity contribution in [2.24, 2.45) is 4.99 Å². The van der Waals surface area contributed by atoms with Crippen molar-refractivity contribution in [3.8, 4) is 5.75 Å². The van der Waals surface area contributed by atoms with E-state index in [1.165, 1.54) is 32.9 Å². The minimum atomic E-state index is -0.118. The highest BCUT2D eigenvalue weighted by Crippen LogP contribution is 2.42. The van der Waals surface area contributed by atoms with Gasteiger partial charge in [-0.2, -0.15) is 0 Å². The maximum absolute atomic E-state index is 13.9. The number of halogens is 1. The molecule has 0 spiro atoms. The largest absolute Gasteiger partial charge is 0.488 e. The van der Waals surface area contributed by atoms with E-state index in [-0.39, 0.29) is 11.6 Å². The van der Waals surface area contributed by atoms with E-state index in [1.54, 1.807) is 11.3 Å². The first-order valence-corrected chi connectivity index (χ1v) is 15.3. The van der Waals surface area contributed by atoms with E-state index >= 15 is 0 Å². The van der Waals surface area contributed by atoms with Crippen LogP contribution in [0, 0.1) is 0 Å². The van der Waals surface area contributed by atoms with Crippen molar-refractivity contribution in [1.82, 2.24) is 4.57 Å². The molecule has 0 unspecified atom stereocenters. The number of aryl methyl sites for hydroxylation is 1. The normalized spacial score (nSPS) is 16.3. The zero-order chi connectivity index (χ0) is 26.3. The lowest BCUT2D eigenvalue weighted by atomic mass is 9.85. The Morgan fingerprint density at radius 2 is 1.85 bits per heavy atom. The van der Waals surface area contributed by atoms with Crippen LogP contribution in [0.3, 0.4) is 0 Å². The highest BCUT2D eigenvalue weighted by atomic mass is 79.9. The minimum absolute atomic E-state index is 0.00286. The minimum Gasteiger partial charge on any atom is -0.488 e. The first kappa shape index (κ1) is 24.5. The van der Waals surface area contributed by atoms with Crippen molar-refractivity contribution in [2.45, 2.75) is 25.5 Å². The zero-order valence-electron chi connectivity index (χ0n) is 20.8. The quantitative estimate of drug-likeness (QED) is 0.222. The smallest absolute Gasteiger partial charge is 0.271 e. The van der Waals surface area contributed by atoms with Gasteiger partial charge >= 0.3 is 0 Å². The highest BCUT2D eigenvalue weighted by Gasteiger charge is 2.33. The molecule has 39 heavy (non-hydrogen) atoms. The lowest BCUT2D eigenvalue weighted by Gasteiger charge is -2.30. The van der Waals surface area contributed by atoms with Crippen molar-refractivity contribution >= 4 is 50.4 Å². The molecule has 1 aliphatic heterocycles. The third-order valence-corrected chi connectivity index (χ3v) is 9.70. The molecule has 2 aromatic heterocycles. The van der Waals surface area contributed by atoms with Gasteiger partial charge in [0.25, 0.3) is 5.56 Å². The maximum atomic E-state index is 13.9. The summed E-state index contributed by atoms with van der Waals surface area (Å²) in [4.78, 5) is 20.9. The van der Waals surface area contributed by atoms with Crippen molar-refractivity contribution < 1.29 is 4.74 Å². The molecule has 7 heteroatoms. The predicted molar refractivity (Wildman–Crippen MR) is 162 cm³/mol. The SMILES string of the molecule is O=c1/c(=C\c2ccc(OCc3ccccc3)c(Br)c2)sc2n1[C@H](c1cccs1)C1=C(N=2)c2ccccc2CC1. The highest BCUT2D eigenvalue weighted by molar-refractivity contribution is 9.10. The number of aromatic nitrogens is 1. The second kappa shape index (κ2) is 10.2. The molecule has 0 saturated carbocycles. The summed E-state index contributed by atoms with van der Waals surface area (Å²) < 4.78 is 9.44. The van der Waals surface area contributed by atoms with Crippen LogP contribution in [0.25, 0.3) is 11.8 Å². The summed E-state index contributed by atoms with van der Waals surface area (Å²) in [6.45, 7) is 0.494. The summed E-state index contributed by atoms with van der Waals surface area (Å²) in [5, 5.41) is 2.08. The van der Waals surface area contributed by atoms with E-state index in [1.807, 2.05) is 59.2 Å². The van der Waals surface area contributed by atoms with Crippen LogP contribution in [-0.2, 0) is 13.0 Å². The Morgan fingerprint density at radius 1 is 1.00 bits per heavy atom. The fourth-order valence-electron chi connectivity index (χ4n) is 5.33. The fourth-order valence-corrected chi connectivity index (χ4v) is 7.69. The van der Waals surface area contributed by atoms with Crippen molar-refractivity contribution in [3.63, 3.8) is 0 Å². The number of thiazole rings is 1. The van der Waals surface area contributed by atoms with E-state index in [2.05, 4.69) is 57.7 Å². The van der Waals surface area contributed by atoms with Crippen LogP contribution in [0.2, 0.25) is 0 Å². The maximum Gasteiger partial charge on any atom is 0.271 e.